The summed E-state index contributed by atoms with van der Waals surface area (Å²) in [5, 5.41) is 2.61. The second-order valence-electron chi connectivity index (χ2n) is 4.42. The molecule has 4 nitrogen and oxygen atoms in total. The highest BCUT2D eigenvalue weighted by atomic mass is 16.2. The Labute approximate surface area is 112 Å². The summed E-state index contributed by atoms with van der Waals surface area (Å²) in [5.41, 5.74) is 0.779. The van der Waals surface area contributed by atoms with Crippen LogP contribution >= 0.6 is 0 Å². The smallest absolute Gasteiger partial charge is 0.247 e. The predicted molar refractivity (Wildman–Crippen MR) is 72.0 cm³/mol. The fourth-order valence-corrected chi connectivity index (χ4v) is 2.32. The van der Waals surface area contributed by atoms with Crippen LogP contribution in [0.2, 0.25) is 0 Å². The second kappa shape index (κ2) is 5.57. The van der Waals surface area contributed by atoms with E-state index in [0.717, 1.165) is 5.56 Å². The Morgan fingerprint density at radius 1 is 1.42 bits per heavy atom. The van der Waals surface area contributed by atoms with E-state index in [9.17, 15) is 9.59 Å². The molecule has 1 saturated heterocycles. The Morgan fingerprint density at radius 2 is 2.11 bits per heavy atom. The van der Waals surface area contributed by atoms with Gasteiger partial charge in [-0.15, -0.1) is 6.42 Å². The van der Waals surface area contributed by atoms with Crippen molar-refractivity contribution in [2.45, 2.75) is 25.4 Å². The van der Waals surface area contributed by atoms with E-state index in [4.69, 9.17) is 6.42 Å². The van der Waals surface area contributed by atoms with Gasteiger partial charge in [0.2, 0.25) is 11.8 Å². The maximum atomic E-state index is 12.1. The molecule has 2 rings (SSSR count). The van der Waals surface area contributed by atoms with E-state index in [0.29, 0.717) is 6.42 Å². The molecule has 2 unspecified atom stereocenters. The molecule has 98 valence electrons. The number of nitrogens with one attached hydrogen (secondary N) is 1. The third-order valence-electron chi connectivity index (χ3n) is 3.26. The zero-order chi connectivity index (χ0) is 13.8. The van der Waals surface area contributed by atoms with Crippen LogP contribution in [0.15, 0.2) is 30.3 Å². The summed E-state index contributed by atoms with van der Waals surface area (Å²) in [5.74, 6) is 2.28. The number of benzene rings is 1. The van der Waals surface area contributed by atoms with Gasteiger partial charge >= 0.3 is 0 Å². The van der Waals surface area contributed by atoms with E-state index < -0.39 is 6.04 Å². The number of rotatable bonds is 3. The molecule has 0 radical (unpaired) electrons. The quantitative estimate of drug-likeness (QED) is 0.823. The average molecular weight is 256 g/mol. The van der Waals surface area contributed by atoms with Crippen LogP contribution in [0, 0.1) is 12.3 Å². The summed E-state index contributed by atoms with van der Waals surface area (Å²) in [6.07, 6.45) is 6.11. The molecule has 0 aliphatic carbocycles. The summed E-state index contributed by atoms with van der Waals surface area (Å²) in [7, 11) is 0. The number of hydrogen-bond acceptors (Lipinski definition) is 2. The number of carbonyl (C=O) groups is 2. The molecule has 19 heavy (non-hydrogen) atoms. The molecule has 4 heteroatoms. The molecule has 1 aromatic rings. The van der Waals surface area contributed by atoms with Gasteiger partial charge in [-0.25, -0.2) is 0 Å². The first-order valence-corrected chi connectivity index (χ1v) is 6.29. The van der Waals surface area contributed by atoms with Crippen molar-refractivity contribution in [2.75, 3.05) is 6.54 Å². The molecule has 0 spiro atoms. The van der Waals surface area contributed by atoms with Crippen LogP contribution in [-0.4, -0.2) is 29.3 Å². The lowest BCUT2D eigenvalue weighted by Crippen LogP contribution is -2.56. The molecule has 1 N–H and O–H groups in total. The Bertz CT molecular complexity index is 519. The second-order valence-corrected chi connectivity index (χ2v) is 4.42. The van der Waals surface area contributed by atoms with E-state index in [2.05, 4.69) is 11.2 Å². The summed E-state index contributed by atoms with van der Waals surface area (Å²) in [6, 6.07) is 8.23. The Morgan fingerprint density at radius 3 is 2.68 bits per heavy atom. The van der Waals surface area contributed by atoms with Crippen molar-refractivity contribution in [3.8, 4) is 12.3 Å². The third kappa shape index (κ3) is 2.45. The zero-order valence-corrected chi connectivity index (χ0v) is 10.8. The predicted octanol–water partition coefficient (Wildman–Crippen LogP) is 1.10. The maximum absolute atomic E-state index is 12.1. The molecule has 1 fully saturated rings. The van der Waals surface area contributed by atoms with Crippen LogP contribution in [0.3, 0.4) is 0 Å². The number of hydrogen-bond donors (Lipinski definition) is 1. The highest BCUT2D eigenvalue weighted by Crippen LogP contribution is 2.26. The lowest BCUT2D eigenvalue weighted by Gasteiger charge is -2.38. The van der Waals surface area contributed by atoms with Crippen molar-refractivity contribution in [2.24, 2.45) is 0 Å². The maximum Gasteiger partial charge on any atom is 0.247 e. The number of nitrogens with zero attached hydrogens (tertiary/aromatic N) is 1. The van der Waals surface area contributed by atoms with Gasteiger partial charge in [0.1, 0.15) is 6.04 Å². The highest BCUT2D eigenvalue weighted by molar-refractivity contribution is 5.95. The van der Waals surface area contributed by atoms with Crippen molar-refractivity contribution in [1.82, 2.24) is 10.2 Å². The van der Waals surface area contributed by atoms with Gasteiger partial charge in [0, 0.05) is 0 Å². The molecule has 1 aliphatic heterocycles. The molecule has 1 heterocycles. The molecule has 2 atom stereocenters. The SMILES string of the molecule is C#CC(CC)N1C(=O)CNC(=O)C1c1ccccc1. The number of terminal acetylenes is 1. The topological polar surface area (TPSA) is 49.4 Å². The van der Waals surface area contributed by atoms with Gasteiger partial charge in [-0.1, -0.05) is 43.2 Å². The minimum atomic E-state index is -0.636. The van der Waals surface area contributed by atoms with Gasteiger partial charge in [0.05, 0.1) is 12.6 Å². The highest BCUT2D eigenvalue weighted by Gasteiger charge is 2.38. The number of amides is 2. The zero-order valence-electron chi connectivity index (χ0n) is 10.8. The van der Waals surface area contributed by atoms with Gasteiger partial charge in [0.15, 0.2) is 0 Å². The number of piperazine rings is 1. The van der Waals surface area contributed by atoms with E-state index >= 15 is 0 Å². The minimum Gasteiger partial charge on any atom is -0.345 e. The van der Waals surface area contributed by atoms with Gasteiger partial charge in [-0.2, -0.15) is 0 Å². The summed E-state index contributed by atoms with van der Waals surface area (Å²) in [6.45, 7) is 1.92. The first kappa shape index (κ1) is 13.2. The van der Waals surface area contributed by atoms with Gasteiger partial charge in [0.25, 0.3) is 0 Å². The lowest BCUT2D eigenvalue weighted by molar-refractivity contribution is -0.147. The van der Waals surface area contributed by atoms with E-state index in [1.54, 1.807) is 0 Å². The molecule has 0 aromatic heterocycles. The van der Waals surface area contributed by atoms with Crippen molar-refractivity contribution in [3.05, 3.63) is 35.9 Å². The first-order chi connectivity index (χ1) is 9.19. The Hall–Kier alpha value is -2.28. The van der Waals surface area contributed by atoms with Crippen molar-refractivity contribution in [1.29, 1.82) is 0 Å². The van der Waals surface area contributed by atoms with E-state index in [-0.39, 0.29) is 24.4 Å². The fraction of sp³-hybridized carbons (Fsp3) is 0.333. The molecule has 1 aromatic carbocycles. The third-order valence-corrected chi connectivity index (χ3v) is 3.26. The van der Waals surface area contributed by atoms with Gasteiger partial charge < -0.3 is 10.2 Å². The summed E-state index contributed by atoms with van der Waals surface area (Å²) in [4.78, 5) is 25.7. The largest absolute Gasteiger partial charge is 0.345 e. The molecular formula is C15H16N2O2. The standard InChI is InChI=1S/C15H16N2O2/c1-3-12(4-2)17-13(18)10-16-15(19)14(17)11-8-6-5-7-9-11/h1,5-9,12,14H,4,10H2,2H3,(H,16,19). The first-order valence-electron chi connectivity index (χ1n) is 6.29. The van der Waals surface area contributed by atoms with Gasteiger partial charge in [-0.05, 0) is 12.0 Å². The van der Waals surface area contributed by atoms with E-state index in [1.807, 2.05) is 37.3 Å². The summed E-state index contributed by atoms with van der Waals surface area (Å²) < 4.78 is 0. The monoisotopic (exact) mass is 256 g/mol. The Kier molecular flexibility index (Phi) is 3.86. The molecular weight excluding hydrogens is 240 g/mol. The molecule has 2 amide bonds. The van der Waals surface area contributed by atoms with Crippen LogP contribution < -0.4 is 5.32 Å². The number of carbonyl (C=O) groups excluding carboxylic acids is 2. The normalized spacial score (nSPS) is 20.6. The molecule has 0 bridgehead atoms. The van der Waals surface area contributed by atoms with Crippen LogP contribution in [0.5, 0.6) is 0 Å². The van der Waals surface area contributed by atoms with Crippen LogP contribution in [0.25, 0.3) is 0 Å². The van der Waals surface area contributed by atoms with Crippen molar-refractivity contribution >= 4 is 11.8 Å². The molecule has 0 saturated carbocycles. The molecule has 1 aliphatic rings. The van der Waals surface area contributed by atoms with Crippen LogP contribution in [-0.2, 0) is 9.59 Å². The minimum absolute atomic E-state index is 0.0142. The van der Waals surface area contributed by atoms with Gasteiger partial charge in [-0.3, -0.25) is 9.59 Å². The van der Waals surface area contributed by atoms with Crippen molar-refractivity contribution < 1.29 is 9.59 Å². The summed E-state index contributed by atoms with van der Waals surface area (Å²) >= 11 is 0. The fourth-order valence-electron chi connectivity index (χ4n) is 2.32. The van der Waals surface area contributed by atoms with E-state index in [1.165, 1.54) is 4.90 Å². The average Bonchev–Trinajstić information content (AvgIpc) is 2.45. The van der Waals surface area contributed by atoms with Crippen molar-refractivity contribution in [3.63, 3.8) is 0 Å². The van der Waals surface area contributed by atoms with Crippen LogP contribution in [0.1, 0.15) is 24.9 Å². The lowest BCUT2D eigenvalue weighted by atomic mass is 9.99. The van der Waals surface area contributed by atoms with Crippen LogP contribution in [0.4, 0.5) is 0 Å². The Balaban J connectivity index is 2.43.